The third-order valence-corrected chi connectivity index (χ3v) is 6.53. The lowest BCUT2D eigenvalue weighted by Crippen LogP contribution is -2.51. The molecule has 11 heteroatoms. The van der Waals surface area contributed by atoms with Gasteiger partial charge in [-0.25, -0.2) is 14.6 Å². The normalized spacial score (nSPS) is 14.1. The van der Waals surface area contributed by atoms with Crippen molar-refractivity contribution < 1.29 is 19.1 Å². The molecule has 0 spiro atoms. The maximum atomic E-state index is 12.7. The van der Waals surface area contributed by atoms with Crippen LogP contribution in [0, 0.1) is 0 Å². The van der Waals surface area contributed by atoms with Crippen molar-refractivity contribution in [1.29, 1.82) is 0 Å². The predicted octanol–water partition coefficient (Wildman–Crippen LogP) is 4.34. The fourth-order valence-electron chi connectivity index (χ4n) is 2.94. The van der Waals surface area contributed by atoms with Crippen molar-refractivity contribution in [3.05, 3.63) is 30.5 Å². The molecule has 0 bridgehead atoms. The molecule has 0 radical (unpaired) electrons. The number of thiazole rings is 1. The van der Waals surface area contributed by atoms with Crippen LogP contribution in [0.4, 0.5) is 20.4 Å². The summed E-state index contributed by atoms with van der Waals surface area (Å²) in [4.78, 5) is 44.7. The molecule has 2 N–H and O–H groups in total. The number of piperazine rings is 1. The fourth-order valence-corrected chi connectivity index (χ4v) is 4.85. The van der Waals surface area contributed by atoms with Gasteiger partial charge in [0.2, 0.25) is 5.91 Å². The van der Waals surface area contributed by atoms with Crippen LogP contribution >= 0.6 is 23.1 Å². The summed E-state index contributed by atoms with van der Waals surface area (Å²) >= 11 is 2.77. The van der Waals surface area contributed by atoms with Crippen molar-refractivity contribution in [2.75, 3.05) is 36.8 Å². The summed E-state index contributed by atoms with van der Waals surface area (Å²) in [7, 11) is 0. The molecule has 2 heterocycles. The van der Waals surface area contributed by atoms with Gasteiger partial charge in [-0.05, 0) is 32.9 Å². The molecule has 4 amide bonds. The third kappa shape index (κ3) is 6.86. The lowest BCUT2D eigenvalue weighted by molar-refractivity contribution is -0.130. The number of hydrogen-bond donors (Lipinski definition) is 2. The molecule has 1 aliphatic heterocycles. The first kappa shape index (κ1) is 23.9. The van der Waals surface area contributed by atoms with E-state index in [4.69, 9.17) is 4.74 Å². The molecule has 32 heavy (non-hydrogen) atoms. The van der Waals surface area contributed by atoms with Gasteiger partial charge in [0, 0.05) is 38.0 Å². The zero-order chi connectivity index (χ0) is 23.3. The van der Waals surface area contributed by atoms with E-state index in [1.165, 1.54) is 30.0 Å². The number of ether oxygens (including phenoxy) is 1. The minimum absolute atomic E-state index is 0.0249. The number of hydrogen-bond acceptors (Lipinski definition) is 7. The summed E-state index contributed by atoms with van der Waals surface area (Å²) in [6, 6.07) is 7.31. The van der Waals surface area contributed by atoms with Gasteiger partial charge in [-0.1, -0.05) is 35.2 Å². The van der Waals surface area contributed by atoms with Gasteiger partial charge in [0.1, 0.15) is 5.60 Å². The highest BCUT2D eigenvalue weighted by Gasteiger charge is 2.23. The zero-order valence-electron chi connectivity index (χ0n) is 18.5. The van der Waals surface area contributed by atoms with Gasteiger partial charge >= 0.3 is 12.1 Å². The van der Waals surface area contributed by atoms with Crippen LogP contribution in [0.25, 0.3) is 0 Å². The van der Waals surface area contributed by atoms with Gasteiger partial charge in [0.05, 0.1) is 16.1 Å². The van der Waals surface area contributed by atoms with Crippen molar-refractivity contribution in [1.82, 2.24) is 14.8 Å². The number of carbonyl (C=O) groups is 3. The van der Waals surface area contributed by atoms with E-state index in [0.717, 1.165) is 9.10 Å². The van der Waals surface area contributed by atoms with Crippen molar-refractivity contribution in [3.8, 4) is 0 Å². The minimum Gasteiger partial charge on any atom is -0.444 e. The van der Waals surface area contributed by atoms with Crippen molar-refractivity contribution in [3.63, 3.8) is 0 Å². The molecule has 0 aliphatic carbocycles. The van der Waals surface area contributed by atoms with Crippen LogP contribution in [-0.2, 0) is 9.53 Å². The Hall–Kier alpha value is -2.79. The molecular formula is C21H27N5O4S2. The number of para-hydroxylation sites is 1. The van der Waals surface area contributed by atoms with Crippen LogP contribution in [0.2, 0.25) is 0 Å². The number of rotatable bonds is 4. The molecule has 2 aromatic rings. The Balaban J connectivity index is 1.60. The first-order chi connectivity index (χ1) is 15.1. The number of amides is 4. The summed E-state index contributed by atoms with van der Waals surface area (Å²) in [6.45, 7) is 8.99. The van der Waals surface area contributed by atoms with Gasteiger partial charge < -0.3 is 19.9 Å². The molecule has 1 saturated heterocycles. The Bertz CT molecular complexity index is 981. The molecule has 0 atom stereocenters. The van der Waals surface area contributed by atoms with Gasteiger partial charge in [0.15, 0.2) is 5.13 Å². The van der Waals surface area contributed by atoms with E-state index in [2.05, 4.69) is 15.6 Å². The highest BCUT2D eigenvalue weighted by Crippen LogP contribution is 2.37. The molecule has 1 fully saturated rings. The number of nitrogens with zero attached hydrogens (tertiary/aromatic N) is 3. The van der Waals surface area contributed by atoms with Gasteiger partial charge in [-0.3, -0.25) is 10.1 Å². The summed E-state index contributed by atoms with van der Waals surface area (Å²) < 4.78 is 6.10. The maximum absolute atomic E-state index is 12.7. The van der Waals surface area contributed by atoms with Crippen molar-refractivity contribution in [2.24, 2.45) is 0 Å². The lowest BCUT2D eigenvalue weighted by atomic mass is 10.2. The van der Waals surface area contributed by atoms with E-state index < -0.39 is 11.7 Å². The number of nitrogens with one attached hydrogen (secondary N) is 2. The van der Waals surface area contributed by atoms with Gasteiger partial charge in [0.25, 0.3) is 0 Å². The van der Waals surface area contributed by atoms with Crippen molar-refractivity contribution >= 4 is 51.9 Å². The SMILES string of the molecule is CC(=O)N1CCN(C(=O)Nc2ccccc2Sc2cnc(NC(=O)OC(C)(C)C)s2)CC1. The smallest absolute Gasteiger partial charge is 0.413 e. The molecular weight excluding hydrogens is 450 g/mol. The Morgan fingerprint density at radius 3 is 2.38 bits per heavy atom. The number of urea groups is 1. The number of aromatic nitrogens is 1. The fraction of sp³-hybridized carbons (Fsp3) is 0.429. The molecule has 3 rings (SSSR count). The summed E-state index contributed by atoms with van der Waals surface area (Å²) in [5, 5.41) is 6.04. The van der Waals surface area contributed by atoms with Gasteiger partial charge in [-0.15, -0.1) is 0 Å². The second-order valence-electron chi connectivity index (χ2n) is 8.13. The number of carbonyl (C=O) groups excluding carboxylic acids is 3. The Labute approximate surface area is 195 Å². The molecule has 1 aromatic carbocycles. The zero-order valence-corrected chi connectivity index (χ0v) is 20.1. The second-order valence-corrected chi connectivity index (χ2v) is 10.5. The monoisotopic (exact) mass is 477 g/mol. The van der Waals surface area contributed by atoms with Crippen LogP contribution in [0.15, 0.2) is 39.6 Å². The Morgan fingerprint density at radius 1 is 1.06 bits per heavy atom. The highest BCUT2D eigenvalue weighted by molar-refractivity contribution is 8.01. The molecule has 172 valence electrons. The number of anilines is 2. The van der Waals surface area contributed by atoms with E-state index in [1.807, 2.05) is 24.3 Å². The minimum atomic E-state index is -0.589. The molecule has 9 nitrogen and oxygen atoms in total. The van der Waals surface area contributed by atoms with E-state index in [9.17, 15) is 14.4 Å². The van der Waals surface area contributed by atoms with E-state index in [0.29, 0.717) is 37.0 Å². The Kier molecular flexibility index (Phi) is 7.62. The van der Waals surface area contributed by atoms with E-state index in [1.54, 1.807) is 36.8 Å². The standard InChI is InChI=1S/C21H27N5O4S2/c1-14(27)25-9-11-26(12-10-25)19(28)23-15-7-5-6-8-16(15)31-17-13-22-18(32-17)24-20(29)30-21(2,3)4/h5-8,13H,9-12H2,1-4H3,(H,23,28)(H,22,24,29). The second kappa shape index (κ2) is 10.2. The van der Waals surface area contributed by atoms with Crippen LogP contribution in [0.3, 0.4) is 0 Å². The lowest BCUT2D eigenvalue weighted by Gasteiger charge is -2.34. The highest BCUT2D eigenvalue weighted by atomic mass is 32.2. The first-order valence-electron chi connectivity index (χ1n) is 10.1. The predicted molar refractivity (Wildman–Crippen MR) is 125 cm³/mol. The molecule has 1 aromatic heterocycles. The quantitative estimate of drug-likeness (QED) is 0.679. The maximum Gasteiger partial charge on any atom is 0.413 e. The Morgan fingerprint density at radius 2 is 1.72 bits per heavy atom. The van der Waals surface area contributed by atoms with E-state index in [-0.39, 0.29) is 11.9 Å². The molecule has 1 aliphatic rings. The molecule has 0 saturated carbocycles. The van der Waals surface area contributed by atoms with Crippen molar-refractivity contribution in [2.45, 2.75) is 42.4 Å². The summed E-state index contributed by atoms with van der Waals surface area (Å²) in [6.07, 6.45) is 1.11. The molecule has 0 unspecified atom stereocenters. The van der Waals surface area contributed by atoms with Crippen LogP contribution in [0.5, 0.6) is 0 Å². The van der Waals surface area contributed by atoms with Crippen LogP contribution in [-0.4, -0.2) is 64.6 Å². The topological polar surface area (TPSA) is 104 Å². The first-order valence-corrected chi connectivity index (χ1v) is 11.8. The third-order valence-electron chi connectivity index (χ3n) is 4.44. The van der Waals surface area contributed by atoms with E-state index >= 15 is 0 Å². The average molecular weight is 478 g/mol. The van der Waals surface area contributed by atoms with Crippen LogP contribution in [0.1, 0.15) is 27.7 Å². The van der Waals surface area contributed by atoms with Gasteiger partial charge in [-0.2, -0.15) is 0 Å². The average Bonchev–Trinajstić information content (AvgIpc) is 3.14. The van der Waals surface area contributed by atoms with Crippen LogP contribution < -0.4 is 10.6 Å². The summed E-state index contributed by atoms with van der Waals surface area (Å²) in [5.41, 5.74) is 0.0981. The summed E-state index contributed by atoms with van der Waals surface area (Å²) in [5.74, 6) is 0.0249. The largest absolute Gasteiger partial charge is 0.444 e. The number of benzene rings is 1.